The number of amides is 1. The average molecular weight is 261 g/mol. The molecule has 1 saturated heterocycles. The molecule has 1 heterocycles. The summed E-state index contributed by atoms with van der Waals surface area (Å²) >= 11 is 0. The summed E-state index contributed by atoms with van der Waals surface area (Å²) in [6.45, 7) is 5.95. The highest BCUT2D eigenvalue weighted by molar-refractivity contribution is 5.85. The van der Waals surface area contributed by atoms with Crippen LogP contribution in [0.25, 0.3) is 0 Å². The number of nitrogens with two attached hydrogens (primary N) is 1. The minimum Gasteiger partial charge on any atom is -0.335 e. The molecule has 1 unspecified atom stereocenters. The molecule has 2 rings (SSSR count). The molecule has 0 saturated carbocycles. The minimum atomic E-state index is -0.799. The molecule has 0 radical (unpaired) electrons. The van der Waals surface area contributed by atoms with Gasteiger partial charge in [0.2, 0.25) is 5.91 Å². The fourth-order valence-corrected chi connectivity index (χ4v) is 2.47. The molecule has 1 fully saturated rings. The van der Waals surface area contributed by atoms with Gasteiger partial charge in [0.25, 0.3) is 0 Å². The van der Waals surface area contributed by atoms with Crippen LogP contribution >= 0.6 is 0 Å². The zero-order chi connectivity index (χ0) is 13.9. The zero-order valence-electron chi connectivity index (χ0n) is 11.7. The fraction of sp³-hybridized carbons (Fsp3) is 0.533. The number of hydrogen-bond donors (Lipinski definition) is 2. The molecular formula is C15H23N3O. The van der Waals surface area contributed by atoms with E-state index in [1.165, 1.54) is 5.56 Å². The first-order valence-corrected chi connectivity index (χ1v) is 6.83. The fourth-order valence-electron chi connectivity index (χ4n) is 2.47. The van der Waals surface area contributed by atoms with Crippen LogP contribution in [0.2, 0.25) is 0 Å². The van der Waals surface area contributed by atoms with Crippen LogP contribution in [0.1, 0.15) is 19.4 Å². The number of carbonyl (C=O) groups excluding carboxylic acids is 1. The Labute approximate surface area is 115 Å². The summed E-state index contributed by atoms with van der Waals surface area (Å²) in [7, 11) is 0. The monoisotopic (exact) mass is 261 g/mol. The zero-order valence-corrected chi connectivity index (χ0v) is 11.7. The first-order valence-electron chi connectivity index (χ1n) is 6.83. The van der Waals surface area contributed by atoms with Crippen LogP contribution in [0.4, 0.5) is 0 Å². The van der Waals surface area contributed by atoms with Crippen molar-refractivity contribution in [2.45, 2.75) is 31.8 Å². The van der Waals surface area contributed by atoms with Gasteiger partial charge in [-0.3, -0.25) is 4.79 Å². The topological polar surface area (TPSA) is 58.4 Å². The lowest BCUT2D eigenvalue weighted by molar-refractivity contribution is -0.139. The Balaban J connectivity index is 2.10. The van der Waals surface area contributed by atoms with Crippen molar-refractivity contribution < 1.29 is 4.79 Å². The summed E-state index contributed by atoms with van der Waals surface area (Å²) in [4.78, 5) is 14.3. The third-order valence-electron chi connectivity index (χ3n) is 3.48. The molecule has 1 atom stereocenters. The Hall–Kier alpha value is -1.39. The second kappa shape index (κ2) is 5.72. The lowest BCUT2D eigenvalue weighted by atomic mass is 9.98. The molecule has 0 bridgehead atoms. The first-order chi connectivity index (χ1) is 8.98. The Kier molecular flexibility index (Phi) is 4.22. The second-order valence-electron chi connectivity index (χ2n) is 5.77. The largest absolute Gasteiger partial charge is 0.335 e. The van der Waals surface area contributed by atoms with E-state index in [9.17, 15) is 4.79 Å². The van der Waals surface area contributed by atoms with Crippen LogP contribution in [-0.2, 0) is 11.2 Å². The van der Waals surface area contributed by atoms with Crippen LogP contribution in [0.3, 0.4) is 0 Å². The van der Waals surface area contributed by atoms with Gasteiger partial charge in [0, 0.05) is 25.7 Å². The first kappa shape index (κ1) is 14.0. The normalized spacial score (nSPS) is 20.4. The molecule has 0 aliphatic carbocycles. The molecule has 3 N–H and O–H groups in total. The predicted octanol–water partition coefficient (Wildman–Crippen LogP) is 0.767. The second-order valence-corrected chi connectivity index (χ2v) is 5.77. The van der Waals surface area contributed by atoms with Crippen LogP contribution in [0.5, 0.6) is 0 Å². The standard InChI is InChI=1S/C15H23N3O/c1-15(2,16)14(19)18-9-8-17-11-13(18)10-12-6-4-3-5-7-12/h3-7,13,17H,8-11,16H2,1-2H3. The van der Waals surface area contributed by atoms with Gasteiger partial charge in [-0.15, -0.1) is 0 Å². The summed E-state index contributed by atoms with van der Waals surface area (Å²) < 4.78 is 0. The molecule has 4 nitrogen and oxygen atoms in total. The van der Waals surface area contributed by atoms with E-state index in [0.29, 0.717) is 0 Å². The van der Waals surface area contributed by atoms with Crippen molar-refractivity contribution in [1.82, 2.24) is 10.2 Å². The number of carbonyl (C=O) groups is 1. The molecule has 4 heteroatoms. The smallest absolute Gasteiger partial charge is 0.242 e. The number of piperazine rings is 1. The van der Waals surface area contributed by atoms with Gasteiger partial charge in [0.15, 0.2) is 0 Å². The van der Waals surface area contributed by atoms with Crippen molar-refractivity contribution in [1.29, 1.82) is 0 Å². The maximum Gasteiger partial charge on any atom is 0.242 e. The quantitative estimate of drug-likeness (QED) is 0.845. The maximum absolute atomic E-state index is 12.4. The predicted molar refractivity (Wildman–Crippen MR) is 76.8 cm³/mol. The minimum absolute atomic E-state index is 0.0370. The number of hydrogen-bond acceptors (Lipinski definition) is 3. The van der Waals surface area contributed by atoms with E-state index < -0.39 is 5.54 Å². The van der Waals surface area contributed by atoms with Gasteiger partial charge in [-0.1, -0.05) is 30.3 Å². The average Bonchev–Trinajstić information content (AvgIpc) is 2.39. The molecule has 0 spiro atoms. The lowest BCUT2D eigenvalue weighted by Crippen LogP contribution is -2.61. The van der Waals surface area contributed by atoms with Crippen molar-refractivity contribution in [2.24, 2.45) is 5.73 Å². The Morgan fingerprint density at radius 2 is 2.11 bits per heavy atom. The van der Waals surface area contributed by atoms with Gasteiger partial charge in [-0.05, 0) is 25.8 Å². The van der Waals surface area contributed by atoms with E-state index in [1.807, 2.05) is 23.1 Å². The number of benzene rings is 1. The highest BCUT2D eigenvalue weighted by Gasteiger charge is 2.33. The SMILES string of the molecule is CC(C)(N)C(=O)N1CCNCC1Cc1ccccc1. The molecule has 1 aromatic carbocycles. The Morgan fingerprint density at radius 1 is 1.42 bits per heavy atom. The van der Waals surface area contributed by atoms with Gasteiger partial charge in [0.1, 0.15) is 0 Å². The number of rotatable bonds is 3. The van der Waals surface area contributed by atoms with Crippen LogP contribution in [-0.4, -0.2) is 42.0 Å². The molecule has 19 heavy (non-hydrogen) atoms. The summed E-state index contributed by atoms with van der Waals surface area (Å²) in [6, 6.07) is 10.5. The molecule has 1 amide bonds. The molecule has 104 valence electrons. The summed E-state index contributed by atoms with van der Waals surface area (Å²) in [5.41, 5.74) is 6.41. The van der Waals surface area contributed by atoms with Crippen LogP contribution < -0.4 is 11.1 Å². The van der Waals surface area contributed by atoms with E-state index in [0.717, 1.165) is 26.1 Å². The van der Waals surface area contributed by atoms with Crippen molar-refractivity contribution >= 4 is 5.91 Å². The summed E-state index contributed by atoms with van der Waals surface area (Å²) in [5.74, 6) is 0.0370. The van der Waals surface area contributed by atoms with Gasteiger partial charge >= 0.3 is 0 Å². The third kappa shape index (κ3) is 3.55. The van der Waals surface area contributed by atoms with Crippen molar-refractivity contribution in [3.8, 4) is 0 Å². The van der Waals surface area contributed by atoms with E-state index in [2.05, 4.69) is 17.4 Å². The Morgan fingerprint density at radius 3 is 2.74 bits per heavy atom. The van der Waals surface area contributed by atoms with Crippen molar-refractivity contribution in [2.75, 3.05) is 19.6 Å². The number of nitrogens with one attached hydrogen (secondary N) is 1. The molecular weight excluding hydrogens is 238 g/mol. The highest BCUT2D eigenvalue weighted by Crippen LogP contribution is 2.15. The van der Waals surface area contributed by atoms with Gasteiger partial charge in [0.05, 0.1) is 5.54 Å². The third-order valence-corrected chi connectivity index (χ3v) is 3.48. The van der Waals surface area contributed by atoms with Crippen molar-refractivity contribution in [3.05, 3.63) is 35.9 Å². The van der Waals surface area contributed by atoms with Gasteiger partial charge in [-0.2, -0.15) is 0 Å². The van der Waals surface area contributed by atoms with Crippen molar-refractivity contribution in [3.63, 3.8) is 0 Å². The van der Waals surface area contributed by atoms with E-state index in [-0.39, 0.29) is 11.9 Å². The molecule has 0 aromatic heterocycles. The number of nitrogens with zero attached hydrogens (tertiary/aromatic N) is 1. The van der Waals surface area contributed by atoms with E-state index in [1.54, 1.807) is 13.8 Å². The van der Waals surface area contributed by atoms with Gasteiger partial charge in [-0.25, -0.2) is 0 Å². The maximum atomic E-state index is 12.4. The molecule has 1 aromatic rings. The lowest BCUT2D eigenvalue weighted by Gasteiger charge is -2.39. The van der Waals surface area contributed by atoms with Crippen LogP contribution in [0, 0.1) is 0 Å². The highest BCUT2D eigenvalue weighted by atomic mass is 16.2. The van der Waals surface area contributed by atoms with Gasteiger partial charge < -0.3 is 16.0 Å². The van der Waals surface area contributed by atoms with E-state index >= 15 is 0 Å². The molecule has 1 aliphatic heterocycles. The summed E-state index contributed by atoms with van der Waals surface area (Å²) in [5, 5.41) is 3.36. The summed E-state index contributed by atoms with van der Waals surface area (Å²) in [6.07, 6.45) is 0.871. The molecule has 1 aliphatic rings. The Bertz CT molecular complexity index is 425. The van der Waals surface area contributed by atoms with Crippen LogP contribution in [0.15, 0.2) is 30.3 Å². The van der Waals surface area contributed by atoms with E-state index in [4.69, 9.17) is 5.73 Å².